The molecule has 0 aliphatic carbocycles. The van der Waals surface area contributed by atoms with Crippen LogP contribution in [0.3, 0.4) is 0 Å². The fourth-order valence-electron chi connectivity index (χ4n) is 3.95. The Balaban J connectivity index is 1.71. The normalized spacial score (nSPS) is 12.5. The molecule has 36 heavy (non-hydrogen) atoms. The average Bonchev–Trinajstić information content (AvgIpc) is 2.90. The van der Waals surface area contributed by atoms with Gasteiger partial charge in [-0.3, -0.25) is 14.4 Å². The van der Waals surface area contributed by atoms with E-state index in [1.807, 2.05) is 60.7 Å². The lowest BCUT2D eigenvalue weighted by Gasteiger charge is -2.23. The van der Waals surface area contributed by atoms with Crippen molar-refractivity contribution in [1.29, 1.82) is 0 Å². The molecule has 8 nitrogen and oxygen atoms in total. The lowest BCUT2D eigenvalue weighted by atomic mass is 9.90. The quantitative estimate of drug-likeness (QED) is 0.264. The Morgan fingerprint density at radius 1 is 0.750 bits per heavy atom. The molecule has 8 N–H and O–H groups in total. The van der Waals surface area contributed by atoms with E-state index in [4.69, 9.17) is 17.2 Å². The number of hydrogen-bond acceptors (Lipinski definition) is 5. The van der Waals surface area contributed by atoms with Crippen LogP contribution in [0.2, 0.25) is 0 Å². The van der Waals surface area contributed by atoms with Gasteiger partial charge in [-0.2, -0.15) is 0 Å². The highest BCUT2D eigenvalue weighted by Crippen LogP contribution is 2.25. The predicted molar refractivity (Wildman–Crippen MR) is 139 cm³/mol. The molecule has 0 aromatic heterocycles. The highest BCUT2D eigenvalue weighted by molar-refractivity contribution is 5.92. The smallest absolute Gasteiger partial charge is 0.242 e. The molecule has 0 heterocycles. The average molecular weight is 488 g/mol. The van der Waals surface area contributed by atoms with E-state index in [2.05, 4.69) is 10.6 Å². The summed E-state index contributed by atoms with van der Waals surface area (Å²) < 4.78 is 0. The zero-order valence-electron chi connectivity index (χ0n) is 20.1. The summed E-state index contributed by atoms with van der Waals surface area (Å²) in [5.41, 5.74) is 19.8. The number of amides is 3. The van der Waals surface area contributed by atoms with Crippen molar-refractivity contribution >= 4 is 17.7 Å². The summed E-state index contributed by atoms with van der Waals surface area (Å²) >= 11 is 0. The van der Waals surface area contributed by atoms with Crippen molar-refractivity contribution in [3.63, 3.8) is 0 Å². The van der Waals surface area contributed by atoms with E-state index in [1.54, 1.807) is 24.3 Å². The highest BCUT2D eigenvalue weighted by atomic mass is 16.2. The van der Waals surface area contributed by atoms with Gasteiger partial charge in [-0.25, -0.2) is 0 Å². The molecule has 0 spiro atoms. The lowest BCUT2D eigenvalue weighted by molar-refractivity contribution is -0.129. The second kappa shape index (κ2) is 13.2. The van der Waals surface area contributed by atoms with Gasteiger partial charge in [0.05, 0.1) is 5.92 Å². The number of carbonyl (C=O) groups is 3. The number of nitrogens with one attached hydrogen (secondary N) is 2. The van der Waals surface area contributed by atoms with Gasteiger partial charge in [0, 0.05) is 6.54 Å². The van der Waals surface area contributed by atoms with Gasteiger partial charge in [-0.05, 0) is 41.6 Å². The molecule has 0 aliphatic heterocycles. The van der Waals surface area contributed by atoms with E-state index >= 15 is 0 Å². The number of hydrogen-bond donors (Lipinski definition) is 5. The molecule has 3 aromatic rings. The van der Waals surface area contributed by atoms with E-state index in [9.17, 15) is 14.4 Å². The molecule has 0 saturated heterocycles. The second-order valence-corrected chi connectivity index (χ2v) is 8.59. The number of rotatable bonds is 12. The molecule has 0 saturated carbocycles. The number of nitrogens with two attached hydrogens (primary N) is 3. The van der Waals surface area contributed by atoms with Gasteiger partial charge in [0.25, 0.3) is 0 Å². The van der Waals surface area contributed by atoms with Crippen LogP contribution in [0.5, 0.6) is 0 Å². The molecule has 0 aliphatic rings. The Kier molecular flexibility index (Phi) is 9.73. The predicted octanol–water partition coefficient (Wildman–Crippen LogP) is 1.84. The van der Waals surface area contributed by atoms with Crippen LogP contribution in [-0.2, 0) is 20.9 Å². The maximum absolute atomic E-state index is 13.5. The molecule has 0 fully saturated rings. The van der Waals surface area contributed by atoms with Crippen molar-refractivity contribution in [2.45, 2.75) is 37.4 Å². The standard InChI is InChI=1S/C28H33N5O3/c29-17-7-12-23(27(35)32-18-19-13-15-22(16-14-19)25(30)26(31)34)33-28(36)24(20-8-3-1-4-9-20)21-10-5-2-6-11-21/h1-6,8-11,13-16,23-25H,7,12,17-18,29-30H2,(H2,31,34)(H,32,35)(H,33,36)/t23-,25?/m1/s1. The third kappa shape index (κ3) is 7.24. The van der Waals surface area contributed by atoms with Crippen molar-refractivity contribution in [3.8, 4) is 0 Å². The fourth-order valence-corrected chi connectivity index (χ4v) is 3.95. The third-order valence-electron chi connectivity index (χ3n) is 5.97. The van der Waals surface area contributed by atoms with Crippen LogP contribution in [0.4, 0.5) is 0 Å². The summed E-state index contributed by atoms with van der Waals surface area (Å²) in [6.07, 6.45) is 0.996. The Labute approximate surface area is 211 Å². The van der Waals surface area contributed by atoms with Crippen LogP contribution in [0.15, 0.2) is 84.9 Å². The molecule has 0 radical (unpaired) electrons. The van der Waals surface area contributed by atoms with Crippen LogP contribution in [-0.4, -0.2) is 30.3 Å². The summed E-state index contributed by atoms with van der Waals surface area (Å²) in [6, 6.07) is 24.3. The van der Waals surface area contributed by atoms with Crippen molar-refractivity contribution in [3.05, 3.63) is 107 Å². The molecule has 8 heteroatoms. The molecule has 1 unspecified atom stereocenters. The Bertz CT molecular complexity index is 1100. The van der Waals surface area contributed by atoms with Gasteiger partial charge in [0.2, 0.25) is 17.7 Å². The number of primary amides is 1. The van der Waals surface area contributed by atoms with Crippen molar-refractivity contribution in [2.24, 2.45) is 17.2 Å². The first-order valence-electron chi connectivity index (χ1n) is 11.9. The van der Waals surface area contributed by atoms with E-state index in [0.717, 1.165) is 16.7 Å². The molecule has 0 bridgehead atoms. The van der Waals surface area contributed by atoms with Crippen LogP contribution < -0.4 is 27.8 Å². The maximum atomic E-state index is 13.5. The van der Waals surface area contributed by atoms with E-state index in [0.29, 0.717) is 24.9 Å². The van der Waals surface area contributed by atoms with E-state index in [1.165, 1.54) is 0 Å². The van der Waals surface area contributed by atoms with Gasteiger partial charge in [0.15, 0.2) is 0 Å². The zero-order chi connectivity index (χ0) is 25.9. The third-order valence-corrected chi connectivity index (χ3v) is 5.97. The van der Waals surface area contributed by atoms with Gasteiger partial charge >= 0.3 is 0 Å². The lowest BCUT2D eigenvalue weighted by Crippen LogP contribution is -2.48. The summed E-state index contributed by atoms with van der Waals surface area (Å²) in [5, 5.41) is 5.83. The second-order valence-electron chi connectivity index (χ2n) is 8.59. The molecule has 3 amide bonds. The monoisotopic (exact) mass is 487 g/mol. The first kappa shape index (κ1) is 26.6. The van der Waals surface area contributed by atoms with Gasteiger partial charge in [-0.15, -0.1) is 0 Å². The first-order valence-corrected chi connectivity index (χ1v) is 11.9. The van der Waals surface area contributed by atoms with Gasteiger partial charge in [-0.1, -0.05) is 84.9 Å². The Morgan fingerprint density at radius 2 is 1.31 bits per heavy atom. The summed E-state index contributed by atoms with van der Waals surface area (Å²) in [4.78, 5) is 37.8. The van der Waals surface area contributed by atoms with E-state index in [-0.39, 0.29) is 18.4 Å². The van der Waals surface area contributed by atoms with Crippen LogP contribution >= 0.6 is 0 Å². The maximum Gasteiger partial charge on any atom is 0.242 e. The summed E-state index contributed by atoms with van der Waals surface area (Å²) in [5.74, 6) is -1.72. The minimum absolute atomic E-state index is 0.251. The number of carbonyl (C=O) groups excluding carboxylic acids is 3. The largest absolute Gasteiger partial charge is 0.368 e. The topological polar surface area (TPSA) is 153 Å². The minimum atomic E-state index is -0.883. The van der Waals surface area contributed by atoms with Gasteiger partial charge < -0.3 is 27.8 Å². The molecule has 2 atom stereocenters. The van der Waals surface area contributed by atoms with Crippen molar-refractivity contribution in [1.82, 2.24) is 10.6 Å². The fraction of sp³-hybridized carbons (Fsp3) is 0.250. The summed E-state index contributed by atoms with van der Waals surface area (Å²) in [7, 11) is 0. The van der Waals surface area contributed by atoms with Crippen LogP contribution in [0, 0.1) is 0 Å². The molecule has 3 rings (SSSR count). The molecule has 3 aromatic carbocycles. The number of benzene rings is 3. The first-order chi connectivity index (χ1) is 17.4. The molecular formula is C28H33N5O3. The highest BCUT2D eigenvalue weighted by Gasteiger charge is 2.27. The SMILES string of the molecule is NCCC[C@@H](NC(=O)C(c1ccccc1)c1ccccc1)C(=O)NCc1ccc(C(N)C(N)=O)cc1. The summed E-state index contributed by atoms with van der Waals surface area (Å²) in [6.45, 7) is 0.656. The zero-order valence-corrected chi connectivity index (χ0v) is 20.1. The van der Waals surface area contributed by atoms with Crippen LogP contribution in [0.1, 0.15) is 47.1 Å². The minimum Gasteiger partial charge on any atom is -0.368 e. The van der Waals surface area contributed by atoms with Crippen molar-refractivity contribution < 1.29 is 14.4 Å². The van der Waals surface area contributed by atoms with Gasteiger partial charge in [0.1, 0.15) is 12.1 Å². The Hall–Kier alpha value is -4.01. The van der Waals surface area contributed by atoms with Crippen LogP contribution in [0.25, 0.3) is 0 Å². The van der Waals surface area contributed by atoms with Crippen molar-refractivity contribution in [2.75, 3.05) is 6.54 Å². The van der Waals surface area contributed by atoms with E-state index < -0.39 is 23.9 Å². The Morgan fingerprint density at radius 3 is 1.81 bits per heavy atom. The molecule has 188 valence electrons. The molecular weight excluding hydrogens is 454 g/mol.